The van der Waals surface area contributed by atoms with Crippen LogP contribution in [0.2, 0.25) is 0 Å². The summed E-state index contributed by atoms with van der Waals surface area (Å²) in [7, 11) is 5.40. The first kappa shape index (κ1) is 7.13. The van der Waals surface area contributed by atoms with Gasteiger partial charge < -0.3 is 5.73 Å². The van der Waals surface area contributed by atoms with E-state index in [1.165, 1.54) is 6.07 Å². The fourth-order valence-electron chi connectivity index (χ4n) is 0.741. The van der Waals surface area contributed by atoms with E-state index >= 15 is 0 Å². The van der Waals surface area contributed by atoms with Crippen LogP contribution < -0.4 is 11.2 Å². The fourth-order valence-corrected chi connectivity index (χ4v) is 0.741. The molecule has 1 aromatic carbocycles. The van der Waals surface area contributed by atoms with Crippen LogP contribution in [-0.4, -0.2) is 7.85 Å². The summed E-state index contributed by atoms with van der Waals surface area (Å²) in [6.07, 6.45) is 0. The lowest BCUT2D eigenvalue weighted by molar-refractivity contribution is 0.487. The molecular weight excluding hydrogens is 128 g/mol. The Hall–Kier alpha value is -0.985. The predicted octanol–water partition coefficient (Wildman–Crippen LogP) is 0.532. The second kappa shape index (κ2) is 2.73. The third-order valence-electron chi connectivity index (χ3n) is 1.31. The molecule has 2 N–H and O–H groups in total. The van der Waals surface area contributed by atoms with Crippen LogP contribution in [-0.2, 0) is 6.67 Å². The first-order chi connectivity index (χ1) is 4.74. The van der Waals surface area contributed by atoms with Crippen molar-refractivity contribution in [3.8, 4) is 0 Å². The van der Waals surface area contributed by atoms with Gasteiger partial charge in [-0.05, 0) is 17.7 Å². The zero-order chi connectivity index (χ0) is 7.56. The topological polar surface area (TPSA) is 26.0 Å². The number of hydrogen-bond donors (Lipinski definition) is 1. The third kappa shape index (κ3) is 1.29. The highest BCUT2D eigenvalue weighted by molar-refractivity contribution is 6.33. The van der Waals surface area contributed by atoms with Crippen LogP contribution in [0.15, 0.2) is 18.2 Å². The smallest absolute Gasteiger partial charge is 0.114 e. The van der Waals surface area contributed by atoms with E-state index in [0.717, 1.165) is 0 Å². The lowest BCUT2D eigenvalue weighted by atomic mass is 9.91. The van der Waals surface area contributed by atoms with Crippen molar-refractivity contribution >= 4 is 19.0 Å². The molecule has 2 radical (unpaired) electrons. The van der Waals surface area contributed by atoms with E-state index in [0.29, 0.717) is 16.7 Å². The Bertz CT molecular complexity index is 237. The predicted molar refractivity (Wildman–Crippen MR) is 41.1 cm³/mol. The SMILES string of the molecule is [B]c1ccc(N)cc1CF. The number of nitrogen functional groups attached to an aromatic ring is 1. The lowest BCUT2D eigenvalue weighted by Crippen LogP contribution is -2.09. The molecule has 3 heteroatoms. The summed E-state index contributed by atoms with van der Waals surface area (Å²) in [5.74, 6) is 0. The molecule has 0 aromatic heterocycles. The molecule has 0 heterocycles. The highest BCUT2D eigenvalue weighted by Gasteiger charge is 1.95. The van der Waals surface area contributed by atoms with E-state index in [1.54, 1.807) is 12.1 Å². The molecular formula is C7H7BFN. The van der Waals surface area contributed by atoms with Crippen molar-refractivity contribution in [3.63, 3.8) is 0 Å². The molecule has 0 fully saturated rings. The average molecular weight is 135 g/mol. The molecule has 0 aliphatic rings. The second-order valence-electron chi connectivity index (χ2n) is 2.09. The fraction of sp³-hybridized carbons (Fsp3) is 0.143. The highest BCUT2D eigenvalue weighted by atomic mass is 19.1. The number of nitrogens with two attached hydrogens (primary N) is 1. The first-order valence-corrected chi connectivity index (χ1v) is 2.94. The van der Waals surface area contributed by atoms with E-state index < -0.39 is 6.67 Å². The lowest BCUT2D eigenvalue weighted by Gasteiger charge is -2.01. The summed E-state index contributed by atoms with van der Waals surface area (Å²) in [6.45, 7) is -0.559. The van der Waals surface area contributed by atoms with Crippen LogP contribution in [0.4, 0.5) is 10.1 Å². The molecule has 50 valence electrons. The summed E-state index contributed by atoms with van der Waals surface area (Å²) < 4.78 is 12.0. The Morgan fingerprint density at radius 2 is 2.20 bits per heavy atom. The van der Waals surface area contributed by atoms with Gasteiger partial charge in [0.25, 0.3) is 0 Å². The maximum absolute atomic E-state index is 12.0. The summed E-state index contributed by atoms with van der Waals surface area (Å²) in [5, 5.41) is 0. The molecule has 0 atom stereocenters. The zero-order valence-electron chi connectivity index (χ0n) is 5.47. The monoisotopic (exact) mass is 135 g/mol. The Balaban J connectivity index is 3.09. The molecule has 0 aliphatic carbocycles. The quantitative estimate of drug-likeness (QED) is 0.441. The molecule has 0 aliphatic heterocycles. The maximum atomic E-state index is 12.0. The summed E-state index contributed by atoms with van der Waals surface area (Å²) in [6, 6.07) is 4.79. The number of anilines is 1. The van der Waals surface area contributed by atoms with Crippen LogP contribution in [0.5, 0.6) is 0 Å². The van der Waals surface area contributed by atoms with Gasteiger partial charge in [0.05, 0.1) is 0 Å². The summed E-state index contributed by atoms with van der Waals surface area (Å²) in [4.78, 5) is 0. The standard InChI is InChI=1S/C7H7BFN/c8-7-2-1-6(10)3-5(7)4-9/h1-3H,4,10H2. The largest absolute Gasteiger partial charge is 0.399 e. The van der Waals surface area contributed by atoms with Crippen molar-refractivity contribution in [1.29, 1.82) is 0 Å². The van der Waals surface area contributed by atoms with Crippen LogP contribution >= 0.6 is 0 Å². The van der Waals surface area contributed by atoms with Gasteiger partial charge in [-0.2, -0.15) is 0 Å². The minimum absolute atomic E-state index is 0.455. The number of halogens is 1. The molecule has 1 nitrogen and oxygen atoms in total. The molecule has 10 heavy (non-hydrogen) atoms. The second-order valence-corrected chi connectivity index (χ2v) is 2.09. The molecule has 0 saturated carbocycles. The van der Waals surface area contributed by atoms with Crippen molar-refractivity contribution in [2.24, 2.45) is 0 Å². The Kier molecular flexibility index (Phi) is 1.95. The van der Waals surface area contributed by atoms with Crippen LogP contribution in [0.1, 0.15) is 5.56 Å². The molecule has 0 amide bonds. The number of benzene rings is 1. The minimum Gasteiger partial charge on any atom is -0.399 e. The van der Waals surface area contributed by atoms with Gasteiger partial charge in [-0.25, -0.2) is 4.39 Å². The summed E-state index contributed by atoms with van der Waals surface area (Å²) >= 11 is 0. The van der Waals surface area contributed by atoms with E-state index in [-0.39, 0.29) is 0 Å². The van der Waals surface area contributed by atoms with Crippen LogP contribution in [0.25, 0.3) is 0 Å². The van der Waals surface area contributed by atoms with Gasteiger partial charge in [-0.1, -0.05) is 11.5 Å². The van der Waals surface area contributed by atoms with Crippen molar-refractivity contribution < 1.29 is 4.39 Å². The van der Waals surface area contributed by atoms with Crippen LogP contribution in [0.3, 0.4) is 0 Å². The van der Waals surface area contributed by atoms with Gasteiger partial charge in [-0.3, -0.25) is 0 Å². The molecule has 0 spiro atoms. The van der Waals surface area contributed by atoms with Gasteiger partial charge in [0.1, 0.15) is 14.5 Å². The first-order valence-electron chi connectivity index (χ1n) is 2.94. The van der Waals surface area contributed by atoms with Crippen molar-refractivity contribution in [3.05, 3.63) is 23.8 Å². The number of rotatable bonds is 1. The van der Waals surface area contributed by atoms with Crippen LogP contribution in [0, 0.1) is 0 Å². The Morgan fingerprint density at radius 3 is 2.70 bits per heavy atom. The van der Waals surface area contributed by atoms with Gasteiger partial charge >= 0.3 is 0 Å². The molecule has 1 rings (SSSR count). The van der Waals surface area contributed by atoms with Crippen molar-refractivity contribution in [2.75, 3.05) is 5.73 Å². The van der Waals surface area contributed by atoms with E-state index in [9.17, 15) is 4.39 Å². The molecule has 0 saturated heterocycles. The van der Waals surface area contributed by atoms with Crippen molar-refractivity contribution in [2.45, 2.75) is 6.67 Å². The maximum Gasteiger partial charge on any atom is 0.114 e. The Labute approximate surface area is 60.5 Å². The third-order valence-corrected chi connectivity index (χ3v) is 1.31. The number of hydrogen-bond acceptors (Lipinski definition) is 1. The van der Waals surface area contributed by atoms with Gasteiger partial charge in [-0.15, -0.1) is 0 Å². The van der Waals surface area contributed by atoms with Crippen molar-refractivity contribution in [1.82, 2.24) is 0 Å². The molecule has 0 unspecified atom stereocenters. The van der Waals surface area contributed by atoms with E-state index in [1.807, 2.05) is 0 Å². The zero-order valence-corrected chi connectivity index (χ0v) is 5.47. The highest BCUT2D eigenvalue weighted by Crippen LogP contribution is 2.04. The van der Waals surface area contributed by atoms with E-state index in [2.05, 4.69) is 0 Å². The average Bonchev–Trinajstić information content (AvgIpc) is 1.94. The molecule has 1 aromatic rings. The van der Waals surface area contributed by atoms with Gasteiger partial charge in [0.15, 0.2) is 0 Å². The Morgan fingerprint density at radius 1 is 1.50 bits per heavy atom. The normalized spacial score (nSPS) is 9.70. The van der Waals surface area contributed by atoms with Gasteiger partial charge in [0.2, 0.25) is 0 Å². The minimum atomic E-state index is -0.559. The van der Waals surface area contributed by atoms with E-state index in [4.69, 9.17) is 13.6 Å². The van der Waals surface area contributed by atoms with Gasteiger partial charge in [0, 0.05) is 5.69 Å². The summed E-state index contributed by atoms with van der Waals surface area (Å²) in [5.41, 5.74) is 6.84. The molecule has 0 bridgehead atoms. The number of alkyl halides is 1.